The van der Waals surface area contributed by atoms with Crippen LogP contribution < -0.4 is 5.32 Å². The fourth-order valence-electron chi connectivity index (χ4n) is 1.39. The molecular formula is C12H17Br2NO. The van der Waals surface area contributed by atoms with Crippen molar-refractivity contribution in [2.24, 2.45) is 5.92 Å². The van der Waals surface area contributed by atoms with Crippen LogP contribution in [0, 0.1) is 5.92 Å². The maximum atomic E-state index is 5.21. The van der Waals surface area contributed by atoms with Crippen LogP contribution in [-0.4, -0.2) is 19.8 Å². The molecule has 0 spiro atoms. The summed E-state index contributed by atoms with van der Waals surface area (Å²) in [7, 11) is 1.73. The van der Waals surface area contributed by atoms with Crippen molar-refractivity contribution in [3.8, 4) is 0 Å². The van der Waals surface area contributed by atoms with E-state index in [2.05, 4.69) is 57.1 Å². The molecule has 1 rings (SSSR count). The van der Waals surface area contributed by atoms with Gasteiger partial charge >= 0.3 is 0 Å². The molecule has 1 unspecified atom stereocenters. The quantitative estimate of drug-likeness (QED) is 0.855. The van der Waals surface area contributed by atoms with Crippen molar-refractivity contribution >= 4 is 37.5 Å². The minimum atomic E-state index is 0.322. The van der Waals surface area contributed by atoms with Crippen molar-refractivity contribution in [2.75, 3.05) is 19.0 Å². The van der Waals surface area contributed by atoms with Gasteiger partial charge in [-0.15, -0.1) is 0 Å². The molecule has 0 saturated carbocycles. The summed E-state index contributed by atoms with van der Waals surface area (Å²) < 4.78 is 7.34. The van der Waals surface area contributed by atoms with Gasteiger partial charge in [0.2, 0.25) is 0 Å². The van der Waals surface area contributed by atoms with E-state index in [1.165, 1.54) is 0 Å². The van der Waals surface area contributed by atoms with E-state index >= 15 is 0 Å². The second-order valence-corrected chi connectivity index (χ2v) is 5.84. The Bertz CT molecular complexity index is 342. The van der Waals surface area contributed by atoms with Crippen LogP contribution in [0.15, 0.2) is 27.1 Å². The molecule has 0 fully saturated rings. The van der Waals surface area contributed by atoms with Crippen molar-refractivity contribution in [1.82, 2.24) is 0 Å². The van der Waals surface area contributed by atoms with Crippen LogP contribution in [0.25, 0.3) is 0 Å². The minimum Gasteiger partial charge on any atom is -0.383 e. The van der Waals surface area contributed by atoms with Gasteiger partial charge in [-0.25, -0.2) is 0 Å². The van der Waals surface area contributed by atoms with Crippen molar-refractivity contribution < 1.29 is 4.74 Å². The number of benzene rings is 1. The Balaban J connectivity index is 2.77. The molecule has 0 aromatic heterocycles. The zero-order chi connectivity index (χ0) is 12.1. The Kier molecular flexibility index (Phi) is 5.79. The van der Waals surface area contributed by atoms with E-state index in [9.17, 15) is 0 Å². The van der Waals surface area contributed by atoms with Gasteiger partial charge in [-0.05, 0) is 40.0 Å². The van der Waals surface area contributed by atoms with Crippen LogP contribution in [0.3, 0.4) is 0 Å². The number of nitrogens with one attached hydrogen (secondary N) is 1. The molecule has 4 heteroatoms. The molecule has 0 saturated heterocycles. The molecule has 0 heterocycles. The summed E-state index contributed by atoms with van der Waals surface area (Å²) in [4.78, 5) is 0. The molecule has 1 N–H and O–H groups in total. The zero-order valence-electron chi connectivity index (χ0n) is 9.76. The van der Waals surface area contributed by atoms with Crippen LogP contribution in [0.4, 0.5) is 5.69 Å². The lowest BCUT2D eigenvalue weighted by atomic mass is 10.1. The molecule has 1 aromatic carbocycles. The Morgan fingerprint density at radius 3 is 2.50 bits per heavy atom. The Hall–Kier alpha value is -0.0600. The summed E-state index contributed by atoms with van der Waals surface area (Å²) in [5.74, 6) is 0.524. The maximum Gasteiger partial charge on any atom is 0.0666 e. The van der Waals surface area contributed by atoms with Crippen LogP contribution in [-0.2, 0) is 4.74 Å². The predicted molar refractivity (Wildman–Crippen MR) is 76.0 cm³/mol. The van der Waals surface area contributed by atoms with Gasteiger partial charge in [-0.3, -0.25) is 0 Å². The molecule has 0 aliphatic carbocycles. The third kappa shape index (κ3) is 4.07. The van der Waals surface area contributed by atoms with Crippen molar-refractivity contribution in [2.45, 2.75) is 19.9 Å². The number of ether oxygens (including phenoxy) is 1. The van der Waals surface area contributed by atoms with Gasteiger partial charge < -0.3 is 10.1 Å². The number of rotatable bonds is 5. The Morgan fingerprint density at radius 1 is 1.31 bits per heavy atom. The molecule has 2 nitrogen and oxygen atoms in total. The van der Waals surface area contributed by atoms with Crippen LogP contribution >= 0.6 is 31.9 Å². The summed E-state index contributed by atoms with van der Waals surface area (Å²) in [6.07, 6.45) is 0. The molecule has 16 heavy (non-hydrogen) atoms. The van der Waals surface area contributed by atoms with Gasteiger partial charge in [-0.1, -0.05) is 29.8 Å². The molecule has 0 amide bonds. The van der Waals surface area contributed by atoms with Gasteiger partial charge in [-0.2, -0.15) is 0 Å². The van der Waals surface area contributed by atoms with Gasteiger partial charge in [0.05, 0.1) is 12.6 Å². The zero-order valence-corrected chi connectivity index (χ0v) is 12.9. The largest absolute Gasteiger partial charge is 0.383 e. The van der Waals surface area contributed by atoms with Crippen molar-refractivity contribution in [1.29, 1.82) is 0 Å². The summed E-state index contributed by atoms with van der Waals surface area (Å²) in [5, 5.41) is 3.48. The van der Waals surface area contributed by atoms with E-state index in [1.807, 2.05) is 12.1 Å². The lowest BCUT2D eigenvalue weighted by Crippen LogP contribution is -2.30. The number of anilines is 1. The number of halogens is 2. The third-order valence-electron chi connectivity index (χ3n) is 2.42. The number of methoxy groups -OCH3 is 1. The molecule has 1 aromatic rings. The van der Waals surface area contributed by atoms with Crippen molar-refractivity contribution in [3.63, 3.8) is 0 Å². The molecule has 0 radical (unpaired) electrons. The highest BCUT2D eigenvalue weighted by Crippen LogP contribution is 2.27. The van der Waals surface area contributed by atoms with E-state index < -0.39 is 0 Å². The second-order valence-electron chi connectivity index (χ2n) is 4.07. The highest BCUT2D eigenvalue weighted by molar-refractivity contribution is 9.11. The molecule has 0 aliphatic heterocycles. The molecule has 1 atom stereocenters. The smallest absolute Gasteiger partial charge is 0.0666 e. The van der Waals surface area contributed by atoms with Gasteiger partial charge in [0.25, 0.3) is 0 Å². The molecule has 90 valence electrons. The van der Waals surface area contributed by atoms with E-state index in [-0.39, 0.29) is 0 Å². The highest BCUT2D eigenvalue weighted by Gasteiger charge is 2.13. The second kappa shape index (κ2) is 6.62. The molecule has 0 bridgehead atoms. The highest BCUT2D eigenvalue weighted by atomic mass is 79.9. The van der Waals surface area contributed by atoms with E-state index in [4.69, 9.17) is 4.74 Å². The lowest BCUT2D eigenvalue weighted by Gasteiger charge is -2.23. The number of hydrogen-bond donors (Lipinski definition) is 1. The first-order chi connectivity index (χ1) is 7.54. The van der Waals surface area contributed by atoms with E-state index in [0.29, 0.717) is 18.6 Å². The summed E-state index contributed by atoms with van der Waals surface area (Å²) >= 11 is 6.98. The van der Waals surface area contributed by atoms with Crippen LogP contribution in [0.2, 0.25) is 0 Å². The first-order valence-electron chi connectivity index (χ1n) is 5.25. The normalized spacial score (nSPS) is 12.9. The average Bonchev–Trinajstić information content (AvgIpc) is 2.20. The van der Waals surface area contributed by atoms with Gasteiger partial charge in [0, 0.05) is 21.7 Å². The van der Waals surface area contributed by atoms with Gasteiger partial charge in [0.1, 0.15) is 0 Å². The topological polar surface area (TPSA) is 21.3 Å². The standard InChI is InChI=1S/C12H17Br2NO/c1-8(2)12(7-16-3)15-11-5-4-9(13)6-10(11)14/h4-6,8,12,15H,7H2,1-3H3. The SMILES string of the molecule is COCC(Nc1ccc(Br)cc1Br)C(C)C. The summed E-state index contributed by atoms with van der Waals surface area (Å²) in [5.41, 5.74) is 1.10. The number of hydrogen-bond acceptors (Lipinski definition) is 2. The Morgan fingerprint density at radius 2 is 2.00 bits per heavy atom. The summed E-state index contributed by atoms with van der Waals surface area (Å²) in [6, 6.07) is 6.44. The molecule has 0 aliphatic rings. The van der Waals surface area contributed by atoms with Crippen LogP contribution in [0.1, 0.15) is 13.8 Å². The monoisotopic (exact) mass is 349 g/mol. The van der Waals surface area contributed by atoms with E-state index in [0.717, 1.165) is 14.6 Å². The first kappa shape index (κ1) is 14.0. The van der Waals surface area contributed by atoms with Gasteiger partial charge in [0.15, 0.2) is 0 Å². The fourth-order valence-corrected chi connectivity index (χ4v) is 2.55. The maximum absolute atomic E-state index is 5.21. The first-order valence-corrected chi connectivity index (χ1v) is 6.83. The minimum absolute atomic E-state index is 0.322. The van der Waals surface area contributed by atoms with Crippen LogP contribution in [0.5, 0.6) is 0 Å². The Labute approximate surface area is 114 Å². The average molecular weight is 351 g/mol. The fraction of sp³-hybridized carbons (Fsp3) is 0.500. The summed E-state index contributed by atoms with van der Waals surface area (Å²) in [6.45, 7) is 5.08. The van der Waals surface area contributed by atoms with E-state index in [1.54, 1.807) is 7.11 Å². The predicted octanol–water partition coefficient (Wildman–Crippen LogP) is 4.29. The molecular weight excluding hydrogens is 334 g/mol. The third-order valence-corrected chi connectivity index (χ3v) is 3.57. The lowest BCUT2D eigenvalue weighted by molar-refractivity contribution is 0.171. The van der Waals surface area contributed by atoms with Crippen molar-refractivity contribution in [3.05, 3.63) is 27.1 Å².